The number of rotatable bonds is 0. The van der Waals surface area contributed by atoms with Crippen molar-refractivity contribution >= 4 is 15.9 Å². The van der Waals surface area contributed by atoms with Gasteiger partial charge in [-0.1, -0.05) is 15.9 Å². The summed E-state index contributed by atoms with van der Waals surface area (Å²) in [6.07, 6.45) is 0.667. The average molecular weight is 122 g/mol. The summed E-state index contributed by atoms with van der Waals surface area (Å²) in [6, 6.07) is 0. The molecule has 0 bridgehead atoms. The molecule has 0 saturated heterocycles. The molecule has 0 spiro atoms. The van der Waals surface area contributed by atoms with Gasteiger partial charge in [0, 0.05) is 4.99 Å². The minimum Gasteiger partial charge on any atom is -0.298 e. The Balaban J connectivity index is 2.55. The molecule has 0 aromatic rings. The van der Waals surface area contributed by atoms with Gasteiger partial charge in [-0.3, -0.25) is 5.11 Å². The Kier molecular flexibility index (Phi) is 3.04. The fraction of sp³-hybridized carbons (Fsp3) is 0. The number of hydrogen-bond donors (Lipinski definition) is 0. The Morgan fingerprint density at radius 1 is 1.75 bits per heavy atom. The maximum atomic E-state index is 9.07. The van der Waals surface area contributed by atoms with E-state index in [1.807, 2.05) is 0 Å². The molecule has 0 saturated carbocycles. The van der Waals surface area contributed by atoms with E-state index in [2.05, 4.69) is 15.9 Å². The zero-order valence-corrected chi connectivity index (χ0v) is 3.53. The van der Waals surface area contributed by atoms with Gasteiger partial charge in [-0.25, -0.2) is 0 Å². The Morgan fingerprint density at radius 2 is 2.00 bits per heavy atom. The van der Waals surface area contributed by atoms with Gasteiger partial charge < -0.3 is 0 Å². The van der Waals surface area contributed by atoms with Crippen molar-refractivity contribution in [2.24, 2.45) is 0 Å². The van der Waals surface area contributed by atoms with Gasteiger partial charge in [0.05, 0.1) is 0 Å². The highest BCUT2D eigenvalue weighted by Crippen LogP contribution is 1.74. The van der Waals surface area contributed by atoms with Gasteiger partial charge in [0.15, 0.2) is 0 Å². The van der Waals surface area contributed by atoms with Crippen LogP contribution in [0.15, 0.2) is 11.2 Å². The molecule has 0 aromatic carbocycles. The molecule has 1 radical (unpaired) electrons. The van der Waals surface area contributed by atoms with Gasteiger partial charge in [-0.2, -0.15) is 0 Å². The highest BCUT2D eigenvalue weighted by Gasteiger charge is 1.42. The molecule has 0 rings (SSSR count). The quantitative estimate of drug-likeness (QED) is 0.431. The van der Waals surface area contributed by atoms with Crippen molar-refractivity contribution in [3.05, 3.63) is 11.2 Å². The Hall–Kier alpha value is 0.0200. The van der Waals surface area contributed by atoms with Crippen LogP contribution >= 0.6 is 15.9 Å². The van der Waals surface area contributed by atoms with Crippen LogP contribution in [0.25, 0.3) is 0 Å². The first-order valence-corrected chi connectivity index (χ1v) is 1.70. The van der Waals surface area contributed by atoms with Gasteiger partial charge in [-0.15, -0.1) is 0 Å². The molecule has 0 aromatic heterocycles. The predicted octanol–water partition coefficient (Wildman–Crippen LogP) is 1.28. The van der Waals surface area contributed by atoms with Gasteiger partial charge in [-0.05, 0) is 0 Å². The summed E-state index contributed by atoms with van der Waals surface area (Å²) in [5, 5.41) is 9.07. The molecule has 0 aliphatic rings. The molecule has 1 nitrogen and oxygen atoms in total. The normalized spacial score (nSPS) is 9.25. The minimum atomic E-state index is 0.667. The molecule has 0 N–H and O–H groups in total. The van der Waals surface area contributed by atoms with Crippen molar-refractivity contribution in [2.45, 2.75) is 0 Å². The van der Waals surface area contributed by atoms with Crippen molar-refractivity contribution < 1.29 is 5.11 Å². The van der Waals surface area contributed by atoms with Crippen molar-refractivity contribution in [1.82, 2.24) is 0 Å². The summed E-state index contributed by atoms with van der Waals surface area (Å²) in [7, 11) is 0. The molecule has 0 amide bonds. The molecule has 0 aliphatic carbocycles. The first-order valence-electron chi connectivity index (χ1n) is 0.787. The van der Waals surface area contributed by atoms with Crippen molar-refractivity contribution in [3.63, 3.8) is 0 Å². The van der Waals surface area contributed by atoms with Gasteiger partial charge >= 0.3 is 0 Å². The Morgan fingerprint density at radius 3 is 2.00 bits per heavy atom. The summed E-state index contributed by atoms with van der Waals surface area (Å²) in [5.41, 5.74) is 0. The lowest BCUT2D eigenvalue weighted by atomic mass is 11.2. The summed E-state index contributed by atoms with van der Waals surface area (Å²) >= 11 is 2.76. The van der Waals surface area contributed by atoms with E-state index < -0.39 is 0 Å². The third-order valence-electron chi connectivity index (χ3n) is 0.0514. The summed E-state index contributed by atoms with van der Waals surface area (Å²) in [4.78, 5) is 1.26. The average Bonchev–Trinajstić information content (AvgIpc) is 1.37. The first kappa shape index (κ1) is 4.02. The molecule has 0 aliphatic heterocycles. The monoisotopic (exact) mass is 121 g/mol. The molecule has 4 heavy (non-hydrogen) atoms. The minimum absolute atomic E-state index is 0.667. The number of hydrogen-bond acceptors (Lipinski definition) is 0. The van der Waals surface area contributed by atoms with E-state index in [9.17, 15) is 0 Å². The van der Waals surface area contributed by atoms with Gasteiger partial charge in [0.25, 0.3) is 0 Å². The smallest absolute Gasteiger partial charge is 0.149 e. The fourth-order valence-electron chi connectivity index (χ4n) is 0. The van der Waals surface area contributed by atoms with Crippen LogP contribution in [0.5, 0.6) is 0 Å². The highest BCUT2D eigenvalue weighted by molar-refractivity contribution is 9.11. The molecular weight excluding hydrogens is 120 g/mol. The third-order valence-corrected chi connectivity index (χ3v) is 0.267. The zero-order valence-electron chi connectivity index (χ0n) is 1.94. The van der Waals surface area contributed by atoms with E-state index in [0.717, 1.165) is 0 Å². The molecule has 0 atom stereocenters. The van der Waals surface area contributed by atoms with Crippen LogP contribution in [0.1, 0.15) is 0 Å². The number of halogens is 1. The lowest BCUT2D eigenvalue weighted by Crippen LogP contribution is -1.26. The molecule has 0 fully saturated rings. The summed E-state index contributed by atoms with van der Waals surface area (Å²) in [5.74, 6) is 0. The Labute approximate surface area is 33.1 Å². The second-order valence-corrected chi connectivity index (χ2v) is 0.791. The lowest BCUT2D eigenvalue weighted by molar-refractivity contribution is 0.353. The SMILES string of the molecule is [O]/C=C/Br. The van der Waals surface area contributed by atoms with E-state index >= 15 is 0 Å². The topological polar surface area (TPSA) is 19.9 Å². The molecule has 23 valence electrons. The lowest BCUT2D eigenvalue weighted by Gasteiger charge is -1.43. The second-order valence-electron chi connectivity index (χ2n) is 0.262. The first-order chi connectivity index (χ1) is 1.91. The van der Waals surface area contributed by atoms with E-state index in [-0.39, 0.29) is 0 Å². The van der Waals surface area contributed by atoms with Crippen LogP contribution in [-0.4, -0.2) is 0 Å². The fourth-order valence-corrected chi connectivity index (χ4v) is 0. The second kappa shape index (κ2) is 3.02. The van der Waals surface area contributed by atoms with Crippen molar-refractivity contribution in [2.75, 3.05) is 0 Å². The maximum Gasteiger partial charge on any atom is 0.149 e. The molecule has 2 heteroatoms. The molecule has 0 heterocycles. The van der Waals surface area contributed by atoms with Crippen LogP contribution in [0.2, 0.25) is 0 Å². The van der Waals surface area contributed by atoms with Crippen molar-refractivity contribution in [1.29, 1.82) is 0 Å². The largest absolute Gasteiger partial charge is 0.298 e. The van der Waals surface area contributed by atoms with Crippen LogP contribution in [0.4, 0.5) is 0 Å². The van der Waals surface area contributed by atoms with Gasteiger partial charge in [0.2, 0.25) is 0 Å². The van der Waals surface area contributed by atoms with Crippen molar-refractivity contribution in [3.8, 4) is 0 Å². The van der Waals surface area contributed by atoms with Gasteiger partial charge in [0.1, 0.15) is 6.26 Å². The van der Waals surface area contributed by atoms with E-state index in [1.165, 1.54) is 4.99 Å². The van der Waals surface area contributed by atoms with E-state index in [1.54, 1.807) is 0 Å². The van der Waals surface area contributed by atoms with E-state index in [4.69, 9.17) is 5.11 Å². The standard InChI is InChI=1S/C2H2BrO/c3-1-2-4/h1-2H/b2-1+. The third kappa shape index (κ3) is 2.02. The van der Waals surface area contributed by atoms with Crippen LogP contribution in [0, 0.1) is 0 Å². The molecule has 0 unspecified atom stereocenters. The van der Waals surface area contributed by atoms with E-state index in [0.29, 0.717) is 6.26 Å². The Bertz CT molecular complexity index is 21.2. The summed E-state index contributed by atoms with van der Waals surface area (Å²) in [6.45, 7) is 0. The van der Waals surface area contributed by atoms with Crippen LogP contribution in [-0.2, 0) is 5.11 Å². The maximum absolute atomic E-state index is 9.07. The van der Waals surface area contributed by atoms with Crippen LogP contribution < -0.4 is 0 Å². The summed E-state index contributed by atoms with van der Waals surface area (Å²) < 4.78 is 0. The predicted molar refractivity (Wildman–Crippen MR) is 18.8 cm³/mol. The zero-order chi connectivity index (χ0) is 3.41. The van der Waals surface area contributed by atoms with Crippen LogP contribution in [0.3, 0.4) is 0 Å². The highest BCUT2D eigenvalue weighted by atomic mass is 79.9. The molecular formula is C2H2BrO.